The maximum absolute atomic E-state index is 4.37. The molecule has 0 radical (unpaired) electrons. The first kappa shape index (κ1) is 22.2. The fourth-order valence-corrected chi connectivity index (χ4v) is 4.26. The van der Waals surface area contributed by atoms with Gasteiger partial charge in [-0.25, -0.2) is 0 Å². The summed E-state index contributed by atoms with van der Waals surface area (Å²) in [6.07, 6.45) is 3.60. The maximum Gasteiger partial charge on any atom is 0.190 e. The molecule has 1 atom stereocenters. The van der Waals surface area contributed by atoms with Crippen molar-refractivity contribution >= 4 is 41.3 Å². The van der Waals surface area contributed by atoms with Gasteiger partial charge in [0.2, 0.25) is 0 Å². The molecule has 0 saturated carbocycles. The summed E-state index contributed by atoms with van der Waals surface area (Å²) < 4.78 is 0. The van der Waals surface area contributed by atoms with Crippen molar-refractivity contribution in [3.63, 3.8) is 0 Å². The van der Waals surface area contributed by atoms with E-state index >= 15 is 0 Å². The molecule has 2 heterocycles. The SMILES string of the molecule is CN=C(NCCc1ccccc1)NCC1CCCN(Cc2cccs2)C1.I. The van der Waals surface area contributed by atoms with Crippen molar-refractivity contribution in [1.82, 2.24) is 15.5 Å². The van der Waals surface area contributed by atoms with Crippen LogP contribution in [0.2, 0.25) is 0 Å². The number of piperidine rings is 1. The molecule has 0 aliphatic carbocycles. The van der Waals surface area contributed by atoms with E-state index in [4.69, 9.17) is 0 Å². The Balaban J connectivity index is 0.00000261. The van der Waals surface area contributed by atoms with Crippen molar-refractivity contribution in [3.8, 4) is 0 Å². The summed E-state index contributed by atoms with van der Waals surface area (Å²) in [5.74, 6) is 1.60. The number of likely N-dealkylation sites (tertiary alicyclic amines) is 1. The monoisotopic (exact) mass is 498 g/mol. The van der Waals surface area contributed by atoms with Crippen LogP contribution in [-0.2, 0) is 13.0 Å². The Hall–Kier alpha value is -1.12. The van der Waals surface area contributed by atoms with Gasteiger partial charge in [-0.1, -0.05) is 36.4 Å². The Bertz CT molecular complexity index is 660. The summed E-state index contributed by atoms with van der Waals surface area (Å²) >= 11 is 1.86. The second kappa shape index (κ2) is 12.4. The third-order valence-electron chi connectivity index (χ3n) is 4.89. The number of nitrogens with zero attached hydrogens (tertiary/aromatic N) is 2. The van der Waals surface area contributed by atoms with Gasteiger partial charge in [0.15, 0.2) is 5.96 Å². The predicted octanol–water partition coefficient (Wildman–Crippen LogP) is 3.99. The topological polar surface area (TPSA) is 39.7 Å². The van der Waals surface area contributed by atoms with Gasteiger partial charge in [-0.3, -0.25) is 9.89 Å². The van der Waals surface area contributed by atoms with Crippen LogP contribution in [0, 0.1) is 5.92 Å². The maximum atomic E-state index is 4.37. The minimum atomic E-state index is 0. The zero-order chi connectivity index (χ0) is 18.0. The van der Waals surface area contributed by atoms with E-state index in [0.717, 1.165) is 32.0 Å². The van der Waals surface area contributed by atoms with Crippen molar-refractivity contribution in [1.29, 1.82) is 0 Å². The van der Waals surface area contributed by atoms with Crippen molar-refractivity contribution in [3.05, 3.63) is 58.3 Å². The number of halogens is 1. The lowest BCUT2D eigenvalue weighted by Crippen LogP contribution is -2.44. The molecule has 148 valence electrons. The molecule has 2 N–H and O–H groups in total. The molecule has 1 aromatic carbocycles. The van der Waals surface area contributed by atoms with E-state index < -0.39 is 0 Å². The summed E-state index contributed by atoms with van der Waals surface area (Å²) in [5.41, 5.74) is 1.35. The minimum absolute atomic E-state index is 0. The Morgan fingerprint density at radius 3 is 2.78 bits per heavy atom. The van der Waals surface area contributed by atoms with Gasteiger partial charge in [-0.2, -0.15) is 0 Å². The van der Waals surface area contributed by atoms with E-state index in [9.17, 15) is 0 Å². The first-order valence-electron chi connectivity index (χ1n) is 9.56. The van der Waals surface area contributed by atoms with Crippen LogP contribution in [0.4, 0.5) is 0 Å². The Kier molecular flexibility index (Phi) is 10.2. The number of hydrogen-bond donors (Lipinski definition) is 2. The van der Waals surface area contributed by atoms with Gasteiger partial charge in [0, 0.05) is 38.1 Å². The number of nitrogens with one attached hydrogen (secondary N) is 2. The zero-order valence-electron chi connectivity index (χ0n) is 16.1. The summed E-state index contributed by atoms with van der Waals surface area (Å²) in [4.78, 5) is 8.43. The van der Waals surface area contributed by atoms with Gasteiger partial charge in [0.05, 0.1) is 0 Å². The highest BCUT2D eigenvalue weighted by atomic mass is 127. The largest absolute Gasteiger partial charge is 0.356 e. The van der Waals surface area contributed by atoms with E-state index in [0.29, 0.717) is 5.92 Å². The van der Waals surface area contributed by atoms with Gasteiger partial charge >= 0.3 is 0 Å². The van der Waals surface area contributed by atoms with Gasteiger partial charge in [-0.05, 0) is 48.7 Å². The van der Waals surface area contributed by atoms with E-state index in [1.54, 1.807) is 0 Å². The third kappa shape index (κ3) is 7.79. The van der Waals surface area contributed by atoms with Crippen molar-refractivity contribution in [2.45, 2.75) is 25.8 Å². The number of hydrogen-bond acceptors (Lipinski definition) is 3. The van der Waals surface area contributed by atoms with Crippen LogP contribution < -0.4 is 10.6 Å². The van der Waals surface area contributed by atoms with Crippen molar-refractivity contribution in [2.75, 3.05) is 33.2 Å². The lowest BCUT2D eigenvalue weighted by Gasteiger charge is -2.32. The summed E-state index contributed by atoms with van der Waals surface area (Å²) in [7, 11) is 1.85. The number of rotatable bonds is 7. The van der Waals surface area contributed by atoms with Gasteiger partial charge in [-0.15, -0.1) is 35.3 Å². The van der Waals surface area contributed by atoms with Crippen LogP contribution in [0.25, 0.3) is 0 Å². The lowest BCUT2D eigenvalue weighted by molar-refractivity contribution is 0.169. The second-order valence-electron chi connectivity index (χ2n) is 6.94. The fourth-order valence-electron chi connectivity index (χ4n) is 3.52. The van der Waals surface area contributed by atoms with E-state index in [2.05, 4.69) is 68.4 Å². The average molecular weight is 498 g/mol. The van der Waals surface area contributed by atoms with Crippen LogP contribution in [-0.4, -0.2) is 44.1 Å². The van der Waals surface area contributed by atoms with Gasteiger partial charge in [0.25, 0.3) is 0 Å². The summed E-state index contributed by atoms with van der Waals surface area (Å²) in [5, 5.41) is 9.12. The highest BCUT2D eigenvalue weighted by Crippen LogP contribution is 2.19. The van der Waals surface area contributed by atoms with Crippen LogP contribution in [0.1, 0.15) is 23.3 Å². The molecule has 6 heteroatoms. The molecule has 1 aromatic heterocycles. The van der Waals surface area contributed by atoms with Crippen LogP contribution in [0.3, 0.4) is 0 Å². The molecule has 0 bridgehead atoms. The van der Waals surface area contributed by atoms with E-state index in [1.807, 2.05) is 18.4 Å². The molecule has 27 heavy (non-hydrogen) atoms. The summed E-state index contributed by atoms with van der Waals surface area (Å²) in [6.45, 7) is 5.38. The lowest BCUT2D eigenvalue weighted by atomic mass is 9.98. The van der Waals surface area contributed by atoms with Crippen LogP contribution in [0.15, 0.2) is 52.8 Å². The first-order chi connectivity index (χ1) is 12.8. The number of thiophene rings is 1. The van der Waals surface area contributed by atoms with E-state index in [1.165, 1.54) is 36.4 Å². The standard InChI is InChI=1S/C21H30N4S.HI/c1-22-21(23-12-11-18-7-3-2-4-8-18)24-15-19-9-5-13-25(16-19)17-20-10-6-14-26-20;/h2-4,6-8,10,14,19H,5,9,11-13,15-17H2,1H3,(H2,22,23,24);1H. The quantitative estimate of drug-likeness (QED) is 0.345. The first-order valence-corrected chi connectivity index (χ1v) is 10.4. The molecule has 3 rings (SSSR count). The molecule has 0 spiro atoms. The highest BCUT2D eigenvalue weighted by molar-refractivity contribution is 14.0. The van der Waals surface area contributed by atoms with Crippen molar-refractivity contribution in [2.24, 2.45) is 10.9 Å². The Labute approximate surface area is 184 Å². The number of benzene rings is 1. The Morgan fingerprint density at radius 1 is 1.19 bits per heavy atom. The van der Waals surface area contributed by atoms with Crippen LogP contribution in [0.5, 0.6) is 0 Å². The van der Waals surface area contributed by atoms with Crippen molar-refractivity contribution < 1.29 is 0 Å². The molecule has 1 fully saturated rings. The fraction of sp³-hybridized carbons (Fsp3) is 0.476. The number of guanidine groups is 1. The second-order valence-corrected chi connectivity index (χ2v) is 7.97. The molecule has 0 amide bonds. The molecule has 4 nitrogen and oxygen atoms in total. The number of aliphatic imine (C=N–C) groups is 1. The summed E-state index contributed by atoms with van der Waals surface area (Å²) in [6, 6.07) is 15.0. The molecular weight excluding hydrogens is 467 g/mol. The van der Waals surface area contributed by atoms with Crippen LogP contribution >= 0.6 is 35.3 Å². The zero-order valence-corrected chi connectivity index (χ0v) is 19.2. The van der Waals surface area contributed by atoms with Gasteiger partial charge in [0.1, 0.15) is 0 Å². The predicted molar refractivity (Wildman–Crippen MR) is 127 cm³/mol. The molecular formula is C21H31IN4S. The molecule has 1 unspecified atom stereocenters. The highest BCUT2D eigenvalue weighted by Gasteiger charge is 2.20. The minimum Gasteiger partial charge on any atom is -0.356 e. The smallest absolute Gasteiger partial charge is 0.190 e. The van der Waals surface area contributed by atoms with Gasteiger partial charge < -0.3 is 10.6 Å². The van der Waals surface area contributed by atoms with E-state index in [-0.39, 0.29) is 24.0 Å². The normalized spacial score (nSPS) is 18.0. The molecule has 2 aromatic rings. The molecule has 1 aliphatic heterocycles. The average Bonchev–Trinajstić information content (AvgIpc) is 3.18. The molecule has 1 saturated heterocycles. The Morgan fingerprint density at radius 2 is 2.04 bits per heavy atom. The third-order valence-corrected chi connectivity index (χ3v) is 5.75. The molecule has 1 aliphatic rings.